The van der Waals surface area contributed by atoms with Gasteiger partial charge in [-0.15, -0.1) is 0 Å². The van der Waals surface area contributed by atoms with Gasteiger partial charge in [-0.3, -0.25) is 0 Å². The van der Waals surface area contributed by atoms with Crippen molar-refractivity contribution in [3.8, 4) is 0 Å². The largest absolute Gasteiger partial charge is 0.389 e. The third-order valence-corrected chi connectivity index (χ3v) is 3.89. The Hall–Kier alpha value is -1.09. The Morgan fingerprint density at radius 3 is 2.89 bits per heavy atom. The van der Waals surface area contributed by atoms with Gasteiger partial charge < -0.3 is 10.0 Å². The molecular weight excluding hydrogens is 229 g/mol. The molecule has 1 heterocycles. The van der Waals surface area contributed by atoms with Crippen LogP contribution in [0.25, 0.3) is 0 Å². The first-order valence-electron chi connectivity index (χ1n) is 6.84. The molecule has 0 amide bonds. The first kappa shape index (κ1) is 13.3. The van der Waals surface area contributed by atoms with Crippen LogP contribution in [-0.4, -0.2) is 18.2 Å². The minimum Gasteiger partial charge on any atom is -0.389 e. The minimum absolute atomic E-state index is 0.217. The molecule has 1 N–H and O–H groups in total. The van der Waals surface area contributed by atoms with E-state index in [-0.39, 0.29) is 5.82 Å². The number of rotatable bonds is 3. The lowest BCUT2D eigenvalue weighted by molar-refractivity contribution is 0.199. The van der Waals surface area contributed by atoms with Crippen LogP contribution >= 0.6 is 0 Å². The maximum Gasteiger partial charge on any atom is 0.146 e. The summed E-state index contributed by atoms with van der Waals surface area (Å²) in [6.45, 7) is 5.73. The monoisotopic (exact) mass is 251 g/mol. The molecule has 0 bridgehead atoms. The molecule has 2 unspecified atom stereocenters. The van der Waals surface area contributed by atoms with Crippen molar-refractivity contribution < 1.29 is 9.50 Å². The highest BCUT2D eigenvalue weighted by atomic mass is 19.1. The van der Waals surface area contributed by atoms with E-state index in [4.69, 9.17) is 0 Å². The van der Waals surface area contributed by atoms with Gasteiger partial charge in [-0.25, -0.2) is 4.39 Å². The lowest BCUT2D eigenvalue weighted by atomic mass is 9.95. The lowest BCUT2D eigenvalue weighted by Crippen LogP contribution is -2.35. The van der Waals surface area contributed by atoms with E-state index >= 15 is 0 Å². The predicted octanol–water partition coefficient (Wildman–Crippen LogP) is 3.51. The van der Waals surface area contributed by atoms with E-state index in [0.717, 1.165) is 25.9 Å². The zero-order chi connectivity index (χ0) is 13.1. The maximum absolute atomic E-state index is 14.1. The van der Waals surface area contributed by atoms with Crippen LogP contribution in [0, 0.1) is 11.7 Å². The van der Waals surface area contributed by atoms with Gasteiger partial charge in [0.25, 0.3) is 0 Å². The van der Waals surface area contributed by atoms with Crippen molar-refractivity contribution in [1.29, 1.82) is 0 Å². The van der Waals surface area contributed by atoms with E-state index in [2.05, 4.69) is 11.8 Å². The second kappa shape index (κ2) is 5.70. The summed E-state index contributed by atoms with van der Waals surface area (Å²) < 4.78 is 14.1. The van der Waals surface area contributed by atoms with Gasteiger partial charge in [-0.2, -0.15) is 0 Å². The molecule has 2 atom stereocenters. The SMILES string of the molecule is CCC1CCCN(c2ccc(C(C)O)cc2F)C1. The number of aliphatic hydroxyl groups is 1. The molecule has 2 nitrogen and oxygen atoms in total. The van der Waals surface area contributed by atoms with E-state index in [0.29, 0.717) is 17.2 Å². The Morgan fingerprint density at radius 2 is 2.28 bits per heavy atom. The third kappa shape index (κ3) is 2.83. The zero-order valence-corrected chi connectivity index (χ0v) is 11.2. The number of nitrogens with zero attached hydrogens (tertiary/aromatic N) is 1. The Labute approximate surface area is 108 Å². The molecule has 0 spiro atoms. The summed E-state index contributed by atoms with van der Waals surface area (Å²) in [5.41, 5.74) is 1.32. The van der Waals surface area contributed by atoms with Gasteiger partial charge in [0.15, 0.2) is 0 Å². The van der Waals surface area contributed by atoms with Crippen LogP contribution in [0.3, 0.4) is 0 Å². The number of piperidine rings is 1. The molecule has 0 radical (unpaired) electrons. The molecule has 0 aromatic heterocycles. The highest BCUT2D eigenvalue weighted by Crippen LogP contribution is 2.28. The van der Waals surface area contributed by atoms with Crippen LogP contribution in [0.2, 0.25) is 0 Å². The first-order chi connectivity index (χ1) is 8.61. The number of hydrogen-bond acceptors (Lipinski definition) is 2. The molecule has 1 aromatic carbocycles. The van der Waals surface area contributed by atoms with Gasteiger partial charge in [-0.05, 0) is 43.4 Å². The standard InChI is InChI=1S/C15H22FNO/c1-3-12-5-4-8-17(10-12)15-7-6-13(11(2)18)9-14(15)16/h6-7,9,11-12,18H,3-5,8,10H2,1-2H3. The Bertz CT molecular complexity index is 405. The number of aliphatic hydroxyl groups excluding tert-OH is 1. The molecular formula is C15H22FNO. The molecule has 1 aliphatic rings. The smallest absolute Gasteiger partial charge is 0.146 e. The number of halogens is 1. The number of benzene rings is 1. The second-order valence-corrected chi connectivity index (χ2v) is 5.25. The molecule has 1 aromatic rings. The van der Waals surface area contributed by atoms with Crippen molar-refractivity contribution in [3.63, 3.8) is 0 Å². The maximum atomic E-state index is 14.1. The molecule has 0 saturated carbocycles. The van der Waals surface area contributed by atoms with E-state index in [1.54, 1.807) is 13.0 Å². The Kier molecular flexibility index (Phi) is 4.23. The molecule has 0 aliphatic carbocycles. The average Bonchev–Trinajstić information content (AvgIpc) is 2.38. The molecule has 3 heteroatoms. The molecule has 18 heavy (non-hydrogen) atoms. The topological polar surface area (TPSA) is 23.5 Å². The predicted molar refractivity (Wildman–Crippen MR) is 72.3 cm³/mol. The molecule has 100 valence electrons. The van der Waals surface area contributed by atoms with Crippen LogP contribution in [0.4, 0.5) is 10.1 Å². The summed E-state index contributed by atoms with van der Waals surface area (Å²) in [5, 5.41) is 9.45. The fourth-order valence-electron chi connectivity index (χ4n) is 2.66. The molecule has 1 saturated heterocycles. The minimum atomic E-state index is -0.613. The lowest BCUT2D eigenvalue weighted by Gasteiger charge is -2.34. The number of hydrogen-bond donors (Lipinski definition) is 1. The normalized spacial score (nSPS) is 22.0. The highest BCUT2D eigenvalue weighted by Gasteiger charge is 2.21. The van der Waals surface area contributed by atoms with Crippen LogP contribution in [0.15, 0.2) is 18.2 Å². The molecule has 2 rings (SSSR count). The highest BCUT2D eigenvalue weighted by molar-refractivity contribution is 5.49. The van der Waals surface area contributed by atoms with Crippen molar-refractivity contribution in [2.45, 2.75) is 39.2 Å². The van der Waals surface area contributed by atoms with E-state index in [1.807, 2.05) is 6.07 Å². The average molecular weight is 251 g/mol. The summed E-state index contributed by atoms with van der Waals surface area (Å²) in [6.07, 6.45) is 2.93. The summed E-state index contributed by atoms with van der Waals surface area (Å²) in [4.78, 5) is 2.14. The van der Waals surface area contributed by atoms with Gasteiger partial charge >= 0.3 is 0 Å². The van der Waals surface area contributed by atoms with E-state index < -0.39 is 6.10 Å². The number of anilines is 1. The van der Waals surface area contributed by atoms with Crippen LogP contribution in [0.1, 0.15) is 44.8 Å². The second-order valence-electron chi connectivity index (χ2n) is 5.25. The van der Waals surface area contributed by atoms with Crippen LogP contribution in [-0.2, 0) is 0 Å². The van der Waals surface area contributed by atoms with Crippen molar-refractivity contribution in [2.75, 3.05) is 18.0 Å². The third-order valence-electron chi connectivity index (χ3n) is 3.89. The molecule has 1 aliphatic heterocycles. The Morgan fingerprint density at radius 1 is 1.50 bits per heavy atom. The fourth-order valence-corrected chi connectivity index (χ4v) is 2.66. The van der Waals surface area contributed by atoms with Crippen molar-refractivity contribution >= 4 is 5.69 Å². The van der Waals surface area contributed by atoms with Crippen LogP contribution < -0.4 is 4.90 Å². The van der Waals surface area contributed by atoms with E-state index in [1.165, 1.54) is 12.5 Å². The van der Waals surface area contributed by atoms with Crippen LogP contribution in [0.5, 0.6) is 0 Å². The van der Waals surface area contributed by atoms with Gasteiger partial charge in [0.05, 0.1) is 11.8 Å². The summed E-state index contributed by atoms with van der Waals surface area (Å²) in [7, 11) is 0. The van der Waals surface area contributed by atoms with Gasteiger partial charge in [0.1, 0.15) is 5.82 Å². The summed E-state index contributed by atoms with van der Waals surface area (Å²) in [6, 6.07) is 5.07. The van der Waals surface area contributed by atoms with Gasteiger partial charge in [0, 0.05) is 13.1 Å². The fraction of sp³-hybridized carbons (Fsp3) is 0.600. The zero-order valence-electron chi connectivity index (χ0n) is 11.2. The van der Waals surface area contributed by atoms with Gasteiger partial charge in [-0.1, -0.05) is 19.4 Å². The summed E-state index contributed by atoms with van der Waals surface area (Å²) in [5.74, 6) is 0.458. The summed E-state index contributed by atoms with van der Waals surface area (Å²) >= 11 is 0. The van der Waals surface area contributed by atoms with Crippen molar-refractivity contribution in [2.24, 2.45) is 5.92 Å². The van der Waals surface area contributed by atoms with Gasteiger partial charge in [0.2, 0.25) is 0 Å². The Balaban J connectivity index is 2.17. The van der Waals surface area contributed by atoms with Crippen molar-refractivity contribution in [1.82, 2.24) is 0 Å². The first-order valence-corrected chi connectivity index (χ1v) is 6.84. The quantitative estimate of drug-likeness (QED) is 0.888. The molecule has 1 fully saturated rings. The van der Waals surface area contributed by atoms with Crippen molar-refractivity contribution in [3.05, 3.63) is 29.6 Å². The van der Waals surface area contributed by atoms with E-state index in [9.17, 15) is 9.50 Å².